The van der Waals surface area contributed by atoms with Crippen LogP contribution < -0.4 is 10.0 Å². The van der Waals surface area contributed by atoms with Crippen LogP contribution in [0.3, 0.4) is 0 Å². The summed E-state index contributed by atoms with van der Waals surface area (Å²) >= 11 is 0. The molecule has 7 nitrogen and oxygen atoms in total. The minimum absolute atomic E-state index is 0.506. The van der Waals surface area contributed by atoms with Crippen LogP contribution in [0.25, 0.3) is 6.08 Å². The smallest absolute Gasteiger partial charge is 0.321 e. The molecule has 0 fully saturated rings. The molecule has 0 aliphatic heterocycles. The van der Waals surface area contributed by atoms with Crippen LogP contribution in [0.2, 0.25) is 0 Å². The number of ether oxygens (including phenoxy) is 1. The van der Waals surface area contributed by atoms with Crippen molar-refractivity contribution in [3.05, 3.63) is 70.6 Å². The summed E-state index contributed by atoms with van der Waals surface area (Å²) < 4.78 is 30.7. The third-order valence-corrected chi connectivity index (χ3v) is 4.68. The Kier molecular flexibility index (Phi) is 7.48. The summed E-state index contributed by atoms with van der Waals surface area (Å²) in [6, 6.07) is 14.4. The number of hydrogen-bond acceptors (Lipinski definition) is 5. The van der Waals surface area contributed by atoms with E-state index in [0.29, 0.717) is 11.3 Å². The van der Waals surface area contributed by atoms with Crippen LogP contribution in [0.5, 0.6) is 0 Å². The highest BCUT2D eigenvalue weighted by Crippen LogP contribution is 2.08. The Labute approximate surface area is 164 Å². The third-order valence-electron chi connectivity index (χ3n) is 3.63. The van der Waals surface area contributed by atoms with E-state index in [1.54, 1.807) is 24.3 Å². The number of sulfonamides is 1. The number of anilines is 1. The number of nitrogens with one attached hydrogen (secondary N) is 2. The molecule has 148 valence electrons. The van der Waals surface area contributed by atoms with Gasteiger partial charge in [0.05, 0.1) is 0 Å². The molecule has 0 saturated carbocycles. The lowest BCUT2D eigenvalue weighted by Crippen LogP contribution is -2.31. The molecule has 2 aromatic rings. The molecule has 0 heterocycles. The number of rotatable bonds is 8. The van der Waals surface area contributed by atoms with Crippen molar-refractivity contribution in [3.63, 3.8) is 0 Å². The fourth-order valence-corrected chi connectivity index (χ4v) is 2.84. The summed E-state index contributed by atoms with van der Waals surface area (Å²) in [5.74, 6) is -1.37. The van der Waals surface area contributed by atoms with Gasteiger partial charge in [0, 0.05) is 11.1 Å². The summed E-state index contributed by atoms with van der Waals surface area (Å²) in [5, 5.41) is 3.54. The van der Waals surface area contributed by atoms with Gasteiger partial charge in [0.2, 0.25) is 10.0 Å². The second kappa shape index (κ2) is 9.82. The van der Waals surface area contributed by atoms with Crippen LogP contribution >= 0.6 is 0 Å². The highest BCUT2D eigenvalue weighted by molar-refractivity contribution is 7.92. The molecule has 0 aromatic heterocycles. The van der Waals surface area contributed by atoms with Crippen molar-refractivity contribution in [2.24, 2.45) is 0 Å². The quantitative estimate of drug-likeness (QED) is 0.660. The normalized spacial score (nSPS) is 11.4. The minimum atomic E-state index is -3.81. The molecule has 0 aliphatic rings. The molecule has 0 bridgehead atoms. The summed E-state index contributed by atoms with van der Waals surface area (Å²) in [6.45, 7) is 2.77. The van der Waals surface area contributed by atoms with E-state index in [0.717, 1.165) is 16.5 Å². The topological polar surface area (TPSA) is 102 Å². The van der Waals surface area contributed by atoms with Crippen LogP contribution in [0.4, 0.5) is 5.69 Å². The average Bonchev–Trinajstić information content (AvgIpc) is 2.66. The van der Waals surface area contributed by atoms with Gasteiger partial charge in [-0.2, -0.15) is 0 Å². The standard InChI is InChI=1S/C20H22N2O5S/c1-15-3-7-17(8-4-15)11-12-28(25,26)21-13-20(24)27-14-19(23)22-18-9-5-16(2)6-10-18/h3-12,21H,13-14H2,1-2H3,(H,22,23)/b12-11+. The summed E-state index contributed by atoms with van der Waals surface area (Å²) in [5.41, 5.74) is 3.40. The molecule has 0 spiro atoms. The van der Waals surface area contributed by atoms with E-state index < -0.39 is 35.1 Å². The van der Waals surface area contributed by atoms with Crippen LogP contribution in [0, 0.1) is 13.8 Å². The van der Waals surface area contributed by atoms with Gasteiger partial charge in [0.15, 0.2) is 6.61 Å². The van der Waals surface area contributed by atoms with Crippen molar-refractivity contribution in [1.29, 1.82) is 0 Å². The molecule has 0 unspecified atom stereocenters. The largest absolute Gasteiger partial charge is 0.455 e. The first-order chi connectivity index (χ1) is 13.2. The van der Waals surface area contributed by atoms with E-state index in [4.69, 9.17) is 4.74 Å². The molecular formula is C20H22N2O5S. The Morgan fingerprint density at radius 1 is 0.964 bits per heavy atom. The molecule has 1 amide bonds. The summed E-state index contributed by atoms with van der Waals surface area (Å²) in [4.78, 5) is 23.4. The molecule has 8 heteroatoms. The van der Waals surface area contributed by atoms with Crippen molar-refractivity contribution in [2.45, 2.75) is 13.8 Å². The van der Waals surface area contributed by atoms with E-state index in [2.05, 4.69) is 10.0 Å². The maximum absolute atomic E-state index is 11.9. The Morgan fingerprint density at radius 3 is 2.14 bits per heavy atom. The van der Waals surface area contributed by atoms with Crippen molar-refractivity contribution in [1.82, 2.24) is 4.72 Å². The van der Waals surface area contributed by atoms with Gasteiger partial charge in [-0.3, -0.25) is 9.59 Å². The zero-order valence-electron chi connectivity index (χ0n) is 15.6. The van der Waals surface area contributed by atoms with E-state index >= 15 is 0 Å². The monoisotopic (exact) mass is 402 g/mol. The molecule has 0 atom stereocenters. The van der Waals surface area contributed by atoms with Crippen molar-refractivity contribution >= 4 is 33.7 Å². The Morgan fingerprint density at radius 2 is 1.54 bits per heavy atom. The highest BCUT2D eigenvalue weighted by atomic mass is 32.2. The van der Waals surface area contributed by atoms with Gasteiger partial charge in [-0.1, -0.05) is 47.5 Å². The Bertz CT molecular complexity index is 949. The lowest BCUT2D eigenvalue weighted by atomic mass is 10.2. The van der Waals surface area contributed by atoms with Crippen LogP contribution in [-0.4, -0.2) is 33.4 Å². The van der Waals surface area contributed by atoms with E-state index in [9.17, 15) is 18.0 Å². The second-order valence-electron chi connectivity index (χ2n) is 6.15. The summed E-state index contributed by atoms with van der Waals surface area (Å²) in [7, 11) is -3.81. The van der Waals surface area contributed by atoms with Gasteiger partial charge in [-0.05, 0) is 37.6 Å². The van der Waals surface area contributed by atoms with Gasteiger partial charge in [0.25, 0.3) is 5.91 Å². The number of carbonyl (C=O) groups is 2. The van der Waals surface area contributed by atoms with Crippen LogP contribution in [0.1, 0.15) is 16.7 Å². The molecule has 0 aliphatic carbocycles. The SMILES string of the molecule is Cc1ccc(/C=C/S(=O)(=O)NCC(=O)OCC(=O)Nc2ccc(C)cc2)cc1. The maximum atomic E-state index is 11.9. The number of esters is 1. The van der Waals surface area contributed by atoms with Crippen LogP contribution in [-0.2, 0) is 24.3 Å². The highest BCUT2D eigenvalue weighted by Gasteiger charge is 2.12. The van der Waals surface area contributed by atoms with Gasteiger partial charge in [0.1, 0.15) is 6.54 Å². The first-order valence-corrected chi connectivity index (χ1v) is 10.0. The lowest BCUT2D eigenvalue weighted by molar-refractivity contribution is -0.146. The number of amides is 1. The lowest BCUT2D eigenvalue weighted by Gasteiger charge is -2.07. The molecule has 2 aromatic carbocycles. The zero-order valence-corrected chi connectivity index (χ0v) is 16.5. The maximum Gasteiger partial charge on any atom is 0.321 e. The number of benzene rings is 2. The predicted molar refractivity (Wildman–Crippen MR) is 108 cm³/mol. The molecule has 2 rings (SSSR count). The second-order valence-corrected chi connectivity index (χ2v) is 7.81. The van der Waals surface area contributed by atoms with Gasteiger partial charge in [-0.25, -0.2) is 13.1 Å². The predicted octanol–water partition coefficient (Wildman–Crippen LogP) is 2.38. The first kappa shape index (κ1) is 21.3. The van der Waals surface area contributed by atoms with Crippen LogP contribution in [0.15, 0.2) is 53.9 Å². The van der Waals surface area contributed by atoms with Gasteiger partial charge < -0.3 is 10.1 Å². The molecule has 0 saturated heterocycles. The average molecular weight is 402 g/mol. The fourth-order valence-electron chi connectivity index (χ4n) is 2.08. The molecule has 28 heavy (non-hydrogen) atoms. The Balaban J connectivity index is 1.75. The fraction of sp³-hybridized carbons (Fsp3) is 0.200. The molecular weight excluding hydrogens is 380 g/mol. The van der Waals surface area contributed by atoms with Crippen molar-refractivity contribution in [2.75, 3.05) is 18.5 Å². The first-order valence-electron chi connectivity index (χ1n) is 8.50. The number of carbonyl (C=O) groups excluding carboxylic acids is 2. The zero-order chi connectivity index (χ0) is 20.6. The van der Waals surface area contributed by atoms with Gasteiger partial charge in [-0.15, -0.1) is 0 Å². The third kappa shape index (κ3) is 7.73. The Hall–Kier alpha value is -2.97. The summed E-state index contributed by atoms with van der Waals surface area (Å²) in [6.07, 6.45) is 1.42. The van der Waals surface area contributed by atoms with E-state index in [1.165, 1.54) is 6.08 Å². The number of aryl methyl sites for hydroxylation is 2. The molecule has 2 N–H and O–H groups in total. The van der Waals surface area contributed by atoms with Gasteiger partial charge >= 0.3 is 5.97 Å². The number of hydrogen-bond donors (Lipinski definition) is 2. The minimum Gasteiger partial charge on any atom is -0.455 e. The van der Waals surface area contributed by atoms with Crippen molar-refractivity contribution in [3.8, 4) is 0 Å². The van der Waals surface area contributed by atoms with E-state index in [-0.39, 0.29) is 0 Å². The van der Waals surface area contributed by atoms with Crippen molar-refractivity contribution < 1.29 is 22.7 Å². The van der Waals surface area contributed by atoms with E-state index in [1.807, 2.05) is 38.1 Å². The molecule has 0 radical (unpaired) electrons.